The highest BCUT2D eigenvalue weighted by Crippen LogP contribution is 2.19. The Morgan fingerprint density at radius 3 is 2.67 bits per heavy atom. The van der Waals surface area contributed by atoms with Crippen LogP contribution in [0.4, 0.5) is 5.69 Å². The van der Waals surface area contributed by atoms with Crippen LogP contribution in [0.1, 0.15) is 10.4 Å². The molecule has 0 radical (unpaired) electrons. The van der Waals surface area contributed by atoms with Crippen LogP contribution in [0.2, 0.25) is 0 Å². The quantitative estimate of drug-likeness (QED) is 0.841. The SMILES string of the molecule is CNC(=O)c1cccc(N2CCN(CC3CNC3)CC2)c1. The minimum Gasteiger partial charge on any atom is -0.369 e. The van der Waals surface area contributed by atoms with Gasteiger partial charge in [0.1, 0.15) is 0 Å². The highest BCUT2D eigenvalue weighted by molar-refractivity contribution is 5.94. The molecular formula is C16H24N4O. The number of amides is 1. The third-order valence-corrected chi connectivity index (χ3v) is 4.46. The average Bonchev–Trinajstić information content (AvgIpc) is 2.51. The van der Waals surface area contributed by atoms with E-state index >= 15 is 0 Å². The number of hydrogen-bond donors (Lipinski definition) is 2. The number of nitrogens with one attached hydrogen (secondary N) is 2. The lowest BCUT2D eigenvalue weighted by Gasteiger charge is -2.39. The van der Waals surface area contributed by atoms with Crippen molar-refractivity contribution in [2.75, 3.05) is 57.8 Å². The summed E-state index contributed by atoms with van der Waals surface area (Å²) in [6.45, 7) is 7.87. The van der Waals surface area contributed by atoms with Crippen LogP contribution in [-0.4, -0.2) is 63.7 Å². The van der Waals surface area contributed by atoms with Crippen molar-refractivity contribution in [3.63, 3.8) is 0 Å². The van der Waals surface area contributed by atoms with E-state index in [4.69, 9.17) is 0 Å². The number of hydrogen-bond acceptors (Lipinski definition) is 4. The van der Waals surface area contributed by atoms with E-state index in [2.05, 4.69) is 26.5 Å². The molecule has 0 aliphatic carbocycles. The number of nitrogens with zero attached hydrogens (tertiary/aromatic N) is 2. The van der Waals surface area contributed by atoms with Gasteiger partial charge in [0.05, 0.1) is 0 Å². The van der Waals surface area contributed by atoms with Crippen molar-refractivity contribution >= 4 is 11.6 Å². The molecule has 2 aliphatic rings. The molecule has 0 aromatic heterocycles. The Bertz CT molecular complexity index is 493. The van der Waals surface area contributed by atoms with E-state index in [9.17, 15) is 4.79 Å². The van der Waals surface area contributed by atoms with Gasteiger partial charge in [-0.1, -0.05) is 6.07 Å². The molecule has 1 aromatic carbocycles. The normalized spacial score (nSPS) is 20.1. The first-order valence-corrected chi connectivity index (χ1v) is 7.76. The van der Waals surface area contributed by atoms with E-state index in [0.717, 1.165) is 43.3 Å². The van der Waals surface area contributed by atoms with Crippen LogP contribution in [0, 0.1) is 5.92 Å². The number of carbonyl (C=O) groups excluding carboxylic acids is 1. The molecule has 2 N–H and O–H groups in total. The molecule has 0 saturated carbocycles. The van der Waals surface area contributed by atoms with E-state index < -0.39 is 0 Å². The molecule has 0 bridgehead atoms. The van der Waals surface area contributed by atoms with Crippen molar-refractivity contribution in [1.82, 2.24) is 15.5 Å². The third-order valence-electron chi connectivity index (χ3n) is 4.46. The second kappa shape index (κ2) is 6.45. The van der Waals surface area contributed by atoms with Crippen LogP contribution in [0.5, 0.6) is 0 Å². The van der Waals surface area contributed by atoms with Crippen molar-refractivity contribution in [3.8, 4) is 0 Å². The number of rotatable bonds is 4. The van der Waals surface area contributed by atoms with Gasteiger partial charge < -0.3 is 15.5 Å². The Kier molecular flexibility index (Phi) is 4.41. The summed E-state index contributed by atoms with van der Waals surface area (Å²) in [7, 11) is 1.67. The Hall–Kier alpha value is -1.59. The van der Waals surface area contributed by atoms with Crippen molar-refractivity contribution in [1.29, 1.82) is 0 Å². The van der Waals surface area contributed by atoms with E-state index in [1.165, 1.54) is 19.6 Å². The molecule has 0 atom stereocenters. The molecule has 5 heteroatoms. The summed E-state index contributed by atoms with van der Waals surface area (Å²) in [5, 5.41) is 6.01. The summed E-state index contributed by atoms with van der Waals surface area (Å²) in [5.41, 5.74) is 1.89. The smallest absolute Gasteiger partial charge is 0.251 e. The summed E-state index contributed by atoms with van der Waals surface area (Å²) < 4.78 is 0. The van der Waals surface area contributed by atoms with Gasteiger partial charge in [0.25, 0.3) is 5.91 Å². The maximum Gasteiger partial charge on any atom is 0.251 e. The van der Waals surface area contributed by atoms with Gasteiger partial charge in [-0.2, -0.15) is 0 Å². The van der Waals surface area contributed by atoms with Gasteiger partial charge in [-0.05, 0) is 24.1 Å². The van der Waals surface area contributed by atoms with Gasteiger partial charge in [-0.15, -0.1) is 0 Å². The fourth-order valence-corrected chi connectivity index (χ4v) is 3.02. The van der Waals surface area contributed by atoms with Gasteiger partial charge in [-0.25, -0.2) is 0 Å². The summed E-state index contributed by atoms with van der Waals surface area (Å²) >= 11 is 0. The lowest BCUT2D eigenvalue weighted by atomic mass is 10.0. The molecule has 1 aromatic rings. The Balaban J connectivity index is 1.57. The van der Waals surface area contributed by atoms with E-state index in [0.29, 0.717) is 0 Å². The van der Waals surface area contributed by atoms with Gasteiger partial charge in [0.2, 0.25) is 0 Å². The highest BCUT2D eigenvalue weighted by atomic mass is 16.1. The zero-order valence-electron chi connectivity index (χ0n) is 12.6. The average molecular weight is 288 g/mol. The second-order valence-electron chi connectivity index (χ2n) is 5.94. The molecular weight excluding hydrogens is 264 g/mol. The molecule has 0 spiro atoms. The molecule has 2 saturated heterocycles. The number of benzene rings is 1. The topological polar surface area (TPSA) is 47.6 Å². The van der Waals surface area contributed by atoms with Crippen molar-refractivity contribution in [2.24, 2.45) is 5.92 Å². The first-order chi connectivity index (χ1) is 10.3. The Morgan fingerprint density at radius 2 is 2.05 bits per heavy atom. The van der Waals surface area contributed by atoms with E-state index in [-0.39, 0.29) is 5.91 Å². The zero-order chi connectivity index (χ0) is 14.7. The van der Waals surface area contributed by atoms with Crippen LogP contribution < -0.4 is 15.5 Å². The van der Waals surface area contributed by atoms with Crippen molar-refractivity contribution < 1.29 is 4.79 Å². The molecule has 0 unspecified atom stereocenters. The van der Waals surface area contributed by atoms with Crippen molar-refractivity contribution in [3.05, 3.63) is 29.8 Å². The molecule has 3 rings (SSSR count). The predicted octanol–water partition coefficient (Wildman–Crippen LogP) is 0.388. The van der Waals surface area contributed by atoms with Gasteiger partial charge in [0.15, 0.2) is 0 Å². The van der Waals surface area contributed by atoms with Crippen LogP contribution >= 0.6 is 0 Å². The highest BCUT2D eigenvalue weighted by Gasteiger charge is 2.23. The Labute approximate surface area is 126 Å². The number of carbonyl (C=O) groups is 1. The molecule has 1 amide bonds. The molecule has 114 valence electrons. The monoisotopic (exact) mass is 288 g/mol. The first kappa shape index (κ1) is 14.4. The minimum absolute atomic E-state index is 0.0204. The maximum absolute atomic E-state index is 11.7. The third kappa shape index (κ3) is 3.36. The molecule has 2 aliphatic heterocycles. The second-order valence-corrected chi connectivity index (χ2v) is 5.94. The number of piperazine rings is 1. The van der Waals surface area contributed by atoms with E-state index in [1.807, 2.05) is 18.2 Å². The molecule has 2 fully saturated rings. The van der Waals surface area contributed by atoms with Gasteiger partial charge >= 0.3 is 0 Å². The molecule has 21 heavy (non-hydrogen) atoms. The summed E-state index contributed by atoms with van der Waals surface area (Å²) in [6, 6.07) is 7.91. The molecule has 2 heterocycles. The van der Waals surface area contributed by atoms with Crippen LogP contribution in [0.3, 0.4) is 0 Å². The number of anilines is 1. The molecule has 5 nitrogen and oxygen atoms in total. The zero-order valence-corrected chi connectivity index (χ0v) is 12.6. The lowest BCUT2D eigenvalue weighted by molar-refractivity contribution is 0.0963. The minimum atomic E-state index is -0.0204. The van der Waals surface area contributed by atoms with Crippen LogP contribution in [0.15, 0.2) is 24.3 Å². The fourth-order valence-electron chi connectivity index (χ4n) is 3.02. The summed E-state index contributed by atoms with van der Waals surface area (Å²) in [5.74, 6) is 0.820. The van der Waals surface area contributed by atoms with Crippen LogP contribution in [0.25, 0.3) is 0 Å². The largest absolute Gasteiger partial charge is 0.369 e. The fraction of sp³-hybridized carbons (Fsp3) is 0.562. The van der Waals surface area contributed by atoms with Crippen LogP contribution in [-0.2, 0) is 0 Å². The predicted molar refractivity (Wildman–Crippen MR) is 84.8 cm³/mol. The van der Waals surface area contributed by atoms with Gasteiger partial charge in [-0.3, -0.25) is 9.69 Å². The standard InChI is InChI=1S/C16H24N4O/c1-17-16(21)14-3-2-4-15(9-14)20-7-5-19(6-8-20)12-13-10-18-11-13/h2-4,9,13,18H,5-8,10-12H2,1H3,(H,17,21). The van der Waals surface area contributed by atoms with E-state index in [1.54, 1.807) is 7.05 Å². The lowest BCUT2D eigenvalue weighted by Crippen LogP contribution is -2.53. The van der Waals surface area contributed by atoms with Gasteiger partial charge in [0, 0.05) is 64.1 Å². The van der Waals surface area contributed by atoms with Crippen molar-refractivity contribution in [2.45, 2.75) is 0 Å². The Morgan fingerprint density at radius 1 is 1.29 bits per heavy atom. The maximum atomic E-state index is 11.7. The summed E-state index contributed by atoms with van der Waals surface area (Å²) in [6.07, 6.45) is 0. The summed E-state index contributed by atoms with van der Waals surface area (Å²) in [4.78, 5) is 16.7. The first-order valence-electron chi connectivity index (χ1n) is 7.76.